The average Bonchev–Trinajstić information content (AvgIpc) is 1.76. The van der Waals surface area contributed by atoms with E-state index in [1.165, 1.54) is 11.5 Å². The molecule has 1 heterocycles. The second-order valence-corrected chi connectivity index (χ2v) is 1.23. The Hall–Kier alpha value is -0.0100. The lowest BCUT2D eigenvalue weighted by molar-refractivity contribution is 1.16. The summed E-state index contributed by atoms with van der Waals surface area (Å²) in [6.45, 7) is 0. The lowest BCUT2D eigenvalue weighted by Gasteiger charge is -1.40. The molecule has 0 N–H and O–H groups in total. The third-order valence-corrected chi connectivity index (χ3v) is 0.715. The molecule has 1 atom stereocenters. The maximum absolute atomic E-state index is 3.51. The van der Waals surface area contributed by atoms with E-state index in [4.69, 9.17) is 0 Å². The second-order valence-electron chi connectivity index (χ2n) is 0.588. The first-order chi connectivity index (χ1) is 2.50. The predicted octanol–water partition coefficient (Wildman–Crippen LogP) is 0.596. The summed E-state index contributed by atoms with van der Waals surface area (Å²) in [7, 11) is 0. The van der Waals surface area contributed by atoms with E-state index in [2.05, 4.69) is 9.59 Å². The minimum absolute atomic E-state index is 0. The molecular weight excluding hydrogens is 115 g/mol. The van der Waals surface area contributed by atoms with Crippen LogP contribution < -0.4 is 0 Å². The highest BCUT2D eigenvalue weighted by Crippen LogP contribution is 1.78. The summed E-state index contributed by atoms with van der Waals surface area (Å²) >= 11 is 1.35. The van der Waals surface area contributed by atoms with Gasteiger partial charge in [0.2, 0.25) is 0 Å². The van der Waals surface area contributed by atoms with E-state index in [0.717, 1.165) is 0 Å². The number of hydrogen-bond acceptors (Lipinski definition) is 3. The molecule has 2 nitrogen and oxygen atoms in total. The Bertz CT molecular complexity index is 68.0. The van der Waals surface area contributed by atoms with E-state index >= 15 is 0 Å². The zero-order valence-electron chi connectivity index (χ0n) is 3.16. The lowest BCUT2D eigenvalue weighted by Crippen LogP contribution is -1.51. The Kier molecular flexibility index (Phi) is 3.19. The molecule has 0 aromatic carbocycles. The molecule has 1 aromatic rings. The largest absolute Gasteiger partial charge is 0.153 e. The average molecular weight is 120 g/mol. The van der Waals surface area contributed by atoms with Gasteiger partial charge in [-0.05, 0) is 11.5 Å². The van der Waals surface area contributed by atoms with Crippen LogP contribution in [0.5, 0.6) is 0 Å². The molecule has 0 radical (unpaired) electrons. The molecule has 1 rings (SSSR count). The van der Waals surface area contributed by atoms with Gasteiger partial charge in [-0.1, -0.05) is 4.49 Å². The molecule has 0 saturated heterocycles. The van der Waals surface area contributed by atoms with Crippen molar-refractivity contribution in [1.29, 1.82) is 0 Å². The van der Waals surface area contributed by atoms with Crippen LogP contribution in [0, 0.1) is 0 Å². The van der Waals surface area contributed by atoms with Crippen molar-refractivity contribution in [2.24, 2.45) is 0 Å². The van der Waals surface area contributed by atoms with Crippen molar-refractivity contribution in [3.05, 3.63) is 11.6 Å². The summed E-state index contributed by atoms with van der Waals surface area (Å²) in [5, 5.41) is 5.31. The monoisotopic (exact) mass is 120 g/mol. The van der Waals surface area contributed by atoms with Crippen LogP contribution in [0.1, 0.15) is 0 Å². The second kappa shape index (κ2) is 3.19. The van der Waals surface area contributed by atoms with Crippen LogP contribution in [-0.2, 0) is 0 Å². The Morgan fingerprint density at radius 2 is 2.33 bits per heavy atom. The van der Waals surface area contributed by atoms with E-state index in [9.17, 15) is 0 Å². The third kappa shape index (κ3) is 1.43. The molecule has 34 valence electrons. The van der Waals surface area contributed by atoms with Crippen LogP contribution in [0.25, 0.3) is 0 Å². The fraction of sp³-hybridized carbons (Fsp3) is 0. The maximum atomic E-state index is 3.51. The Labute approximate surface area is 43.4 Å². The highest BCUT2D eigenvalue weighted by Gasteiger charge is 1.61. The van der Waals surface area contributed by atoms with Crippen molar-refractivity contribution in [2.45, 2.75) is 0 Å². The summed E-state index contributed by atoms with van der Waals surface area (Å²) in [6, 6.07) is 0. The summed E-state index contributed by atoms with van der Waals surface area (Å²) in [5.41, 5.74) is 0. The molecule has 0 saturated carbocycles. The number of hydrogen-bond donors (Lipinski definition) is 0. The maximum Gasteiger partial charge on any atom is 0.0620 e. The zero-order chi connectivity index (χ0) is 3.54. The Morgan fingerprint density at radius 3 is 2.50 bits per heavy atom. The summed E-state index contributed by atoms with van der Waals surface area (Å²) in [5.74, 6) is 0. The first-order valence-electron chi connectivity index (χ1n) is 1.21. The van der Waals surface area contributed by atoms with Crippen LogP contribution in [0.2, 0.25) is 0 Å². The minimum atomic E-state index is 0. The van der Waals surface area contributed by atoms with Crippen molar-refractivity contribution >= 4 is 21.4 Å². The summed E-state index contributed by atoms with van der Waals surface area (Å²) in [4.78, 5) is 0. The molecule has 1 aromatic heterocycles. The third-order valence-electron chi connectivity index (χ3n) is 0.283. The molecule has 1 unspecified atom stereocenters. The van der Waals surface area contributed by atoms with Crippen molar-refractivity contribution in [2.75, 3.05) is 0 Å². The number of rotatable bonds is 0. The van der Waals surface area contributed by atoms with Crippen molar-refractivity contribution < 1.29 is 0 Å². The van der Waals surface area contributed by atoms with Crippen LogP contribution in [0.4, 0.5) is 0 Å². The molecule has 0 bridgehead atoms. The first-order valence-corrected chi connectivity index (χ1v) is 2.05. The molecule has 0 aliphatic carbocycles. The zero-order valence-corrected chi connectivity index (χ0v) is 5.40. The lowest BCUT2D eigenvalue weighted by atomic mass is 11.1. The highest BCUT2D eigenvalue weighted by molar-refractivity contribution is 7.03. The van der Waals surface area contributed by atoms with Gasteiger partial charge in [0, 0.05) is 5.38 Å². The quantitative estimate of drug-likeness (QED) is 0.468. The number of aromatic nitrogens is 2. The van der Waals surface area contributed by atoms with Crippen LogP contribution in [0.3, 0.4) is 0 Å². The van der Waals surface area contributed by atoms with Crippen LogP contribution >= 0.6 is 21.4 Å². The highest BCUT2D eigenvalue weighted by atomic mass is 32.1. The minimum Gasteiger partial charge on any atom is -0.153 e. The van der Waals surface area contributed by atoms with Gasteiger partial charge in [-0.2, -0.15) is 9.90 Å². The Balaban J connectivity index is 0.000000250. The van der Waals surface area contributed by atoms with Crippen molar-refractivity contribution in [1.82, 2.24) is 9.59 Å². The Morgan fingerprint density at radius 1 is 1.50 bits per heavy atom. The fourth-order valence-corrected chi connectivity index (χ4v) is 0.408. The topological polar surface area (TPSA) is 25.8 Å². The van der Waals surface area contributed by atoms with Crippen molar-refractivity contribution in [3.63, 3.8) is 0 Å². The normalized spacial score (nSPS) is 6.67. The molecular formula is C2H5N2PS. The molecule has 0 amide bonds. The van der Waals surface area contributed by atoms with Gasteiger partial charge >= 0.3 is 0 Å². The van der Waals surface area contributed by atoms with Gasteiger partial charge in [-0.15, -0.1) is 5.10 Å². The molecule has 0 aliphatic rings. The molecule has 0 aliphatic heterocycles. The van der Waals surface area contributed by atoms with Crippen LogP contribution in [-0.4, -0.2) is 9.59 Å². The van der Waals surface area contributed by atoms with Gasteiger partial charge < -0.3 is 0 Å². The molecule has 6 heavy (non-hydrogen) atoms. The van der Waals surface area contributed by atoms with E-state index in [1.54, 1.807) is 6.20 Å². The van der Waals surface area contributed by atoms with Gasteiger partial charge in [0.1, 0.15) is 0 Å². The predicted molar refractivity (Wildman–Crippen MR) is 31.0 cm³/mol. The molecule has 4 heteroatoms. The van der Waals surface area contributed by atoms with Crippen LogP contribution in [0.15, 0.2) is 11.6 Å². The summed E-state index contributed by atoms with van der Waals surface area (Å²) in [6.07, 6.45) is 1.66. The van der Waals surface area contributed by atoms with Gasteiger partial charge in [-0.3, -0.25) is 0 Å². The SMILES string of the molecule is P.c1csnn1. The van der Waals surface area contributed by atoms with Gasteiger partial charge in [0.15, 0.2) is 0 Å². The molecule has 0 fully saturated rings. The van der Waals surface area contributed by atoms with Gasteiger partial charge in [0.05, 0.1) is 6.20 Å². The standard InChI is InChI=1S/C2H2N2S.H3P/c1-2-5-4-3-1;/h1-2H;1H3. The van der Waals surface area contributed by atoms with E-state index in [1.807, 2.05) is 5.38 Å². The van der Waals surface area contributed by atoms with Gasteiger partial charge in [0.25, 0.3) is 0 Å². The van der Waals surface area contributed by atoms with Crippen molar-refractivity contribution in [3.8, 4) is 0 Å². The smallest absolute Gasteiger partial charge is 0.0620 e. The van der Waals surface area contributed by atoms with E-state index in [-0.39, 0.29) is 9.90 Å². The first kappa shape index (κ1) is 5.99. The fourth-order valence-electron chi connectivity index (χ4n) is 0.136. The van der Waals surface area contributed by atoms with E-state index < -0.39 is 0 Å². The summed E-state index contributed by atoms with van der Waals surface area (Å²) < 4.78 is 3.51. The molecule has 0 spiro atoms. The van der Waals surface area contributed by atoms with Gasteiger partial charge in [-0.25, -0.2) is 0 Å². The number of nitrogens with zero attached hydrogens (tertiary/aromatic N) is 2. The van der Waals surface area contributed by atoms with E-state index in [0.29, 0.717) is 0 Å².